The predicted molar refractivity (Wildman–Crippen MR) is 93.6 cm³/mol. The number of fused-ring (bicyclic) bond motifs is 3. The molecule has 0 bridgehead atoms. The van der Waals surface area contributed by atoms with Crippen LogP contribution in [0.1, 0.15) is 34.1 Å². The molecule has 0 saturated carbocycles. The molecule has 0 aliphatic heterocycles. The van der Waals surface area contributed by atoms with Gasteiger partial charge in [-0.15, -0.1) is 16.4 Å². The largest absolute Gasteiger partial charge is 0.292 e. The summed E-state index contributed by atoms with van der Waals surface area (Å²) >= 11 is 1.57. The molecule has 24 heavy (non-hydrogen) atoms. The van der Waals surface area contributed by atoms with E-state index in [2.05, 4.69) is 17.2 Å². The van der Waals surface area contributed by atoms with Crippen LogP contribution in [0.5, 0.6) is 0 Å². The fraction of sp³-hybridized carbons (Fsp3) is 0.333. The number of nitrogens with zero attached hydrogens (tertiary/aromatic N) is 3. The van der Waals surface area contributed by atoms with Crippen LogP contribution in [0.4, 0.5) is 0 Å². The number of rotatable bonds is 3. The molecule has 122 valence electrons. The lowest BCUT2D eigenvalue weighted by molar-refractivity contribution is 0.0964. The lowest BCUT2D eigenvalue weighted by atomic mass is 9.89. The van der Waals surface area contributed by atoms with Crippen molar-refractivity contribution in [3.05, 3.63) is 56.7 Å². The number of thiophene rings is 1. The number of aromatic nitrogens is 3. The van der Waals surface area contributed by atoms with Gasteiger partial charge in [0.2, 0.25) is 0 Å². The number of benzene rings is 1. The second-order valence-electron chi connectivity index (χ2n) is 6.37. The number of hydrogen-bond donors (Lipinski definition) is 0. The van der Waals surface area contributed by atoms with E-state index in [4.69, 9.17) is 0 Å². The highest BCUT2D eigenvalue weighted by atomic mass is 32.1. The highest BCUT2D eigenvalue weighted by Gasteiger charge is 2.24. The van der Waals surface area contributed by atoms with E-state index in [1.807, 2.05) is 6.07 Å². The monoisotopic (exact) mass is 339 g/mol. The SMILES string of the molecule is C[C@H]1CCc2c(sc3nnn(CC(=O)c4ccccc4)c(=O)c23)C1. The molecule has 0 amide bonds. The van der Waals surface area contributed by atoms with E-state index in [0.29, 0.717) is 21.7 Å². The minimum atomic E-state index is -0.198. The molecule has 0 saturated heterocycles. The Morgan fingerprint density at radius 2 is 2.12 bits per heavy atom. The Morgan fingerprint density at radius 3 is 2.92 bits per heavy atom. The van der Waals surface area contributed by atoms with Gasteiger partial charge in [-0.3, -0.25) is 9.59 Å². The predicted octanol–water partition coefficient (Wildman–Crippen LogP) is 2.86. The Morgan fingerprint density at radius 1 is 1.33 bits per heavy atom. The Hall–Kier alpha value is -2.34. The minimum Gasteiger partial charge on any atom is -0.292 e. The Labute approximate surface area is 142 Å². The molecule has 2 aromatic heterocycles. The molecule has 0 N–H and O–H groups in total. The van der Waals surface area contributed by atoms with Crippen LogP contribution in [0.3, 0.4) is 0 Å². The van der Waals surface area contributed by atoms with E-state index in [0.717, 1.165) is 24.8 Å². The normalized spacial score (nSPS) is 17.0. The standard InChI is InChI=1S/C18H17N3O2S/c1-11-7-8-13-15(9-11)24-17-16(13)18(23)21(20-19-17)10-14(22)12-5-3-2-4-6-12/h2-6,11H,7-10H2,1H3/t11-/m0/s1. The molecule has 1 aliphatic rings. The third-order valence-corrected chi connectivity index (χ3v) is 5.71. The molecule has 1 aromatic carbocycles. The van der Waals surface area contributed by atoms with Gasteiger partial charge in [-0.2, -0.15) is 0 Å². The summed E-state index contributed by atoms with van der Waals surface area (Å²) < 4.78 is 1.20. The average Bonchev–Trinajstić information content (AvgIpc) is 2.96. The topological polar surface area (TPSA) is 64.8 Å². The van der Waals surface area contributed by atoms with Crippen molar-refractivity contribution < 1.29 is 4.79 Å². The average molecular weight is 339 g/mol. The molecule has 5 nitrogen and oxygen atoms in total. The Bertz CT molecular complexity index is 975. The van der Waals surface area contributed by atoms with E-state index in [1.165, 1.54) is 9.56 Å². The smallest absolute Gasteiger partial charge is 0.279 e. The molecule has 0 fully saturated rings. The summed E-state index contributed by atoms with van der Waals surface area (Å²) in [5, 5.41) is 8.84. The molecule has 0 spiro atoms. The van der Waals surface area contributed by atoms with Crippen molar-refractivity contribution in [3.63, 3.8) is 0 Å². The van der Waals surface area contributed by atoms with Crippen LogP contribution in [-0.2, 0) is 19.4 Å². The van der Waals surface area contributed by atoms with Crippen molar-refractivity contribution in [1.82, 2.24) is 15.0 Å². The van der Waals surface area contributed by atoms with Crippen molar-refractivity contribution in [3.8, 4) is 0 Å². The molecule has 0 unspecified atom stereocenters. The number of ketones is 1. The third-order valence-electron chi connectivity index (χ3n) is 4.57. The zero-order chi connectivity index (χ0) is 16.7. The first kappa shape index (κ1) is 15.2. The molecule has 2 heterocycles. The van der Waals surface area contributed by atoms with Gasteiger partial charge in [-0.05, 0) is 30.7 Å². The maximum absolute atomic E-state index is 12.8. The molecular weight excluding hydrogens is 322 g/mol. The van der Waals surface area contributed by atoms with E-state index < -0.39 is 0 Å². The maximum atomic E-state index is 12.8. The molecule has 0 radical (unpaired) electrons. The van der Waals surface area contributed by atoms with Gasteiger partial charge in [-0.25, -0.2) is 4.68 Å². The zero-order valence-electron chi connectivity index (χ0n) is 13.4. The summed E-state index contributed by atoms with van der Waals surface area (Å²) in [5.74, 6) is 0.504. The van der Waals surface area contributed by atoms with Gasteiger partial charge in [-0.1, -0.05) is 42.5 Å². The zero-order valence-corrected chi connectivity index (χ0v) is 14.2. The minimum absolute atomic E-state index is 0.0766. The first-order chi connectivity index (χ1) is 11.6. The van der Waals surface area contributed by atoms with Gasteiger partial charge in [0, 0.05) is 10.4 Å². The fourth-order valence-corrected chi connectivity index (χ4v) is 4.56. The van der Waals surface area contributed by atoms with Gasteiger partial charge in [0.25, 0.3) is 5.56 Å². The number of hydrogen-bond acceptors (Lipinski definition) is 5. The van der Waals surface area contributed by atoms with Crippen LogP contribution < -0.4 is 5.56 Å². The molecule has 4 rings (SSSR count). The number of carbonyl (C=O) groups excluding carboxylic acids is 1. The summed E-state index contributed by atoms with van der Waals surface area (Å²) in [4.78, 5) is 27.1. The maximum Gasteiger partial charge on any atom is 0.279 e. The van der Waals surface area contributed by atoms with Gasteiger partial charge in [0.1, 0.15) is 6.54 Å². The molecule has 3 aromatic rings. The molecular formula is C18H17N3O2S. The molecule has 6 heteroatoms. The van der Waals surface area contributed by atoms with Crippen molar-refractivity contribution in [2.75, 3.05) is 0 Å². The second kappa shape index (κ2) is 5.94. The summed E-state index contributed by atoms with van der Waals surface area (Å²) in [6.07, 6.45) is 2.99. The van der Waals surface area contributed by atoms with Crippen LogP contribution >= 0.6 is 11.3 Å². The highest BCUT2D eigenvalue weighted by molar-refractivity contribution is 7.18. The summed E-state index contributed by atoms with van der Waals surface area (Å²) in [5.41, 5.74) is 1.50. The van der Waals surface area contributed by atoms with Crippen LogP contribution in [0.2, 0.25) is 0 Å². The summed E-state index contributed by atoms with van der Waals surface area (Å²) in [7, 11) is 0. The van der Waals surface area contributed by atoms with E-state index in [1.54, 1.807) is 35.6 Å². The van der Waals surface area contributed by atoms with E-state index in [-0.39, 0.29) is 17.9 Å². The molecule has 1 aliphatic carbocycles. The summed E-state index contributed by atoms with van der Waals surface area (Å²) in [6.45, 7) is 2.16. The summed E-state index contributed by atoms with van der Waals surface area (Å²) in [6, 6.07) is 8.95. The van der Waals surface area contributed by atoms with E-state index in [9.17, 15) is 9.59 Å². The second-order valence-corrected chi connectivity index (χ2v) is 7.46. The Kier molecular flexibility index (Phi) is 3.76. The number of aryl methyl sites for hydroxylation is 1. The third kappa shape index (κ3) is 2.57. The van der Waals surface area contributed by atoms with Crippen LogP contribution in [-0.4, -0.2) is 20.8 Å². The first-order valence-electron chi connectivity index (χ1n) is 8.10. The van der Waals surface area contributed by atoms with Gasteiger partial charge in [0.15, 0.2) is 10.6 Å². The van der Waals surface area contributed by atoms with Crippen molar-refractivity contribution in [2.24, 2.45) is 5.92 Å². The van der Waals surface area contributed by atoms with Crippen LogP contribution in [0.25, 0.3) is 10.2 Å². The van der Waals surface area contributed by atoms with Crippen LogP contribution in [0.15, 0.2) is 35.1 Å². The lowest BCUT2D eigenvalue weighted by Crippen LogP contribution is -2.28. The van der Waals surface area contributed by atoms with Gasteiger partial charge in [0.05, 0.1) is 5.39 Å². The van der Waals surface area contributed by atoms with Crippen molar-refractivity contribution in [2.45, 2.75) is 32.7 Å². The van der Waals surface area contributed by atoms with E-state index >= 15 is 0 Å². The van der Waals surface area contributed by atoms with Crippen LogP contribution in [0, 0.1) is 5.92 Å². The molecule has 1 atom stereocenters. The first-order valence-corrected chi connectivity index (χ1v) is 8.91. The van der Waals surface area contributed by atoms with Crippen molar-refractivity contribution in [1.29, 1.82) is 0 Å². The van der Waals surface area contributed by atoms with Gasteiger partial charge >= 0.3 is 0 Å². The Balaban J connectivity index is 1.74. The van der Waals surface area contributed by atoms with Gasteiger partial charge < -0.3 is 0 Å². The number of Topliss-reactive ketones (excluding diaryl/α,β-unsaturated/α-hetero) is 1. The quantitative estimate of drug-likeness (QED) is 0.688. The number of carbonyl (C=O) groups is 1. The fourth-order valence-electron chi connectivity index (χ4n) is 3.25. The lowest BCUT2D eigenvalue weighted by Gasteiger charge is -2.17. The highest BCUT2D eigenvalue weighted by Crippen LogP contribution is 2.35. The van der Waals surface area contributed by atoms with Crippen molar-refractivity contribution >= 4 is 27.3 Å².